The number of esters is 1. The standard InChI is InChI=1S/C20H25F3N4O2S/c1-3-29-19(28)16-12(2)15-17(27-9-13(10-27)20(21,22)23)24-14(25-18(15)30-16)11-26-7-5-4-6-8-26/h13H,3-11H2,1-2H3. The lowest BCUT2D eigenvalue weighted by Crippen LogP contribution is -2.53. The van der Waals surface area contributed by atoms with Crippen molar-refractivity contribution in [1.82, 2.24) is 14.9 Å². The number of aromatic nitrogens is 2. The van der Waals surface area contributed by atoms with Crippen molar-refractivity contribution in [3.8, 4) is 0 Å². The van der Waals surface area contributed by atoms with Crippen LogP contribution in [0.2, 0.25) is 0 Å². The maximum Gasteiger partial charge on any atom is 0.395 e. The summed E-state index contributed by atoms with van der Waals surface area (Å²) in [6.45, 7) is 6.02. The first-order valence-corrected chi connectivity index (χ1v) is 11.1. The van der Waals surface area contributed by atoms with Crippen molar-refractivity contribution in [2.75, 3.05) is 37.7 Å². The molecule has 0 saturated carbocycles. The fraction of sp³-hybridized carbons (Fsp3) is 0.650. The van der Waals surface area contributed by atoms with E-state index < -0.39 is 18.1 Å². The van der Waals surface area contributed by atoms with Gasteiger partial charge < -0.3 is 9.64 Å². The van der Waals surface area contributed by atoms with E-state index in [4.69, 9.17) is 4.74 Å². The molecule has 164 valence electrons. The number of nitrogens with zero attached hydrogens (tertiary/aromatic N) is 4. The maximum absolute atomic E-state index is 13.0. The molecule has 0 spiro atoms. The third-order valence-electron chi connectivity index (χ3n) is 5.74. The smallest absolute Gasteiger partial charge is 0.395 e. The number of rotatable bonds is 5. The van der Waals surface area contributed by atoms with Crippen LogP contribution in [0.15, 0.2) is 0 Å². The fourth-order valence-electron chi connectivity index (χ4n) is 4.03. The number of alkyl halides is 3. The molecule has 0 radical (unpaired) electrons. The van der Waals surface area contributed by atoms with Crippen LogP contribution < -0.4 is 4.90 Å². The summed E-state index contributed by atoms with van der Waals surface area (Å²) in [7, 11) is 0. The quantitative estimate of drug-likeness (QED) is 0.648. The Morgan fingerprint density at radius 2 is 1.90 bits per heavy atom. The highest BCUT2D eigenvalue weighted by Crippen LogP contribution is 2.41. The topological polar surface area (TPSA) is 58.6 Å². The number of hydrogen-bond acceptors (Lipinski definition) is 7. The zero-order valence-electron chi connectivity index (χ0n) is 17.1. The Bertz CT molecular complexity index is 934. The highest BCUT2D eigenvalue weighted by molar-refractivity contribution is 7.20. The van der Waals surface area contributed by atoms with Crippen LogP contribution >= 0.6 is 11.3 Å². The fourth-order valence-corrected chi connectivity index (χ4v) is 5.12. The monoisotopic (exact) mass is 442 g/mol. The zero-order chi connectivity index (χ0) is 21.5. The molecule has 2 aromatic heterocycles. The van der Waals surface area contributed by atoms with Crippen molar-refractivity contribution in [1.29, 1.82) is 0 Å². The van der Waals surface area contributed by atoms with Gasteiger partial charge in [-0.15, -0.1) is 11.3 Å². The average Bonchev–Trinajstić information content (AvgIpc) is 2.97. The van der Waals surface area contributed by atoms with Crippen LogP contribution in [0, 0.1) is 12.8 Å². The van der Waals surface area contributed by atoms with Gasteiger partial charge in [-0.2, -0.15) is 13.2 Å². The predicted molar refractivity (Wildman–Crippen MR) is 109 cm³/mol. The first kappa shape index (κ1) is 21.3. The lowest BCUT2D eigenvalue weighted by Gasteiger charge is -2.41. The predicted octanol–water partition coefficient (Wildman–Crippen LogP) is 4.16. The van der Waals surface area contributed by atoms with Gasteiger partial charge in [0.25, 0.3) is 0 Å². The molecular formula is C20H25F3N4O2S. The minimum Gasteiger partial charge on any atom is -0.462 e. The van der Waals surface area contributed by atoms with Crippen LogP contribution in [0.25, 0.3) is 10.2 Å². The second-order valence-corrected chi connectivity index (χ2v) is 8.90. The number of likely N-dealkylation sites (tertiary alicyclic amines) is 1. The molecule has 0 unspecified atom stereocenters. The third-order valence-corrected chi connectivity index (χ3v) is 6.90. The molecule has 2 fully saturated rings. The molecule has 10 heteroatoms. The van der Waals surface area contributed by atoms with Crippen LogP contribution in [0.1, 0.15) is 47.2 Å². The van der Waals surface area contributed by atoms with Crippen molar-refractivity contribution in [2.45, 2.75) is 45.8 Å². The lowest BCUT2D eigenvalue weighted by atomic mass is 9.99. The van der Waals surface area contributed by atoms with Gasteiger partial charge in [-0.1, -0.05) is 6.42 Å². The summed E-state index contributed by atoms with van der Waals surface area (Å²) in [6.07, 6.45) is -0.750. The third kappa shape index (κ3) is 4.12. The van der Waals surface area contributed by atoms with E-state index in [2.05, 4.69) is 14.9 Å². The molecule has 4 rings (SSSR count). The molecule has 2 saturated heterocycles. The van der Waals surface area contributed by atoms with E-state index in [0.717, 1.165) is 25.9 Å². The Labute approximate surface area is 177 Å². The van der Waals surface area contributed by atoms with E-state index in [1.54, 1.807) is 18.7 Å². The summed E-state index contributed by atoms with van der Waals surface area (Å²) in [5.41, 5.74) is 0.670. The lowest BCUT2D eigenvalue weighted by molar-refractivity contribution is -0.180. The highest BCUT2D eigenvalue weighted by Gasteiger charge is 2.48. The first-order chi connectivity index (χ1) is 14.3. The Morgan fingerprint density at radius 3 is 2.53 bits per heavy atom. The molecular weight excluding hydrogens is 417 g/mol. The molecule has 0 aliphatic carbocycles. The summed E-state index contributed by atoms with van der Waals surface area (Å²) in [4.78, 5) is 26.7. The molecule has 2 aliphatic rings. The summed E-state index contributed by atoms with van der Waals surface area (Å²) in [6, 6.07) is 0. The summed E-state index contributed by atoms with van der Waals surface area (Å²) >= 11 is 1.23. The van der Waals surface area contributed by atoms with Gasteiger partial charge in [0.2, 0.25) is 0 Å². The van der Waals surface area contributed by atoms with Crippen LogP contribution in [0.3, 0.4) is 0 Å². The van der Waals surface area contributed by atoms with Crippen molar-refractivity contribution >= 4 is 33.3 Å². The molecule has 6 nitrogen and oxygen atoms in total. The molecule has 0 atom stereocenters. The molecule has 2 aliphatic heterocycles. The Hall–Kier alpha value is -1.94. The number of ether oxygens (including phenoxy) is 1. The molecule has 4 heterocycles. The SMILES string of the molecule is CCOC(=O)c1sc2nc(CN3CCCCC3)nc(N3CC(C(F)(F)F)C3)c2c1C. The van der Waals surface area contributed by atoms with Crippen LogP contribution in [-0.4, -0.2) is 59.8 Å². The summed E-state index contributed by atoms with van der Waals surface area (Å²) < 4.78 is 44.3. The number of halogens is 3. The van der Waals surface area contributed by atoms with E-state index in [1.807, 2.05) is 0 Å². The number of hydrogen-bond donors (Lipinski definition) is 0. The summed E-state index contributed by atoms with van der Waals surface area (Å²) in [5.74, 6) is -0.696. The number of piperidine rings is 1. The van der Waals surface area contributed by atoms with Crippen molar-refractivity contribution < 1.29 is 22.7 Å². The molecule has 0 bridgehead atoms. The Morgan fingerprint density at radius 1 is 1.20 bits per heavy atom. The van der Waals surface area contributed by atoms with Crippen molar-refractivity contribution in [3.63, 3.8) is 0 Å². The van der Waals surface area contributed by atoms with E-state index in [1.165, 1.54) is 17.8 Å². The maximum atomic E-state index is 13.0. The van der Waals surface area contributed by atoms with E-state index in [9.17, 15) is 18.0 Å². The van der Waals surface area contributed by atoms with Gasteiger partial charge in [0.15, 0.2) is 0 Å². The Kier molecular flexibility index (Phi) is 5.89. The van der Waals surface area contributed by atoms with Crippen LogP contribution in [-0.2, 0) is 11.3 Å². The molecule has 2 aromatic rings. The van der Waals surface area contributed by atoms with Gasteiger partial charge >= 0.3 is 12.1 Å². The van der Waals surface area contributed by atoms with Gasteiger partial charge in [-0.05, 0) is 45.3 Å². The van der Waals surface area contributed by atoms with Gasteiger partial charge in [0, 0.05) is 13.1 Å². The van der Waals surface area contributed by atoms with E-state index in [-0.39, 0.29) is 19.7 Å². The second kappa shape index (κ2) is 8.30. The Balaban J connectivity index is 1.71. The number of carbonyl (C=O) groups excluding carboxylic acids is 1. The normalized spacial score (nSPS) is 18.6. The first-order valence-electron chi connectivity index (χ1n) is 10.3. The second-order valence-electron chi connectivity index (χ2n) is 7.90. The molecule has 30 heavy (non-hydrogen) atoms. The van der Waals surface area contributed by atoms with E-state index >= 15 is 0 Å². The van der Waals surface area contributed by atoms with E-state index in [0.29, 0.717) is 38.8 Å². The minimum atomic E-state index is -4.21. The number of thiophene rings is 1. The molecule has 0 amide bonds. The van der Waals surface area contributed by atoms with Crippen LogP contribution in [0.4, 0.5) is 19.0 Å². The minimum absolute atomic E-state index is 0.122. The van der Waals surface area contributed by atoms with Gasteiger partial charge in [0.05, 0.1) is 24.5 Å². The number of fused-ring (bicyclic) bond motifs is 1. The molecule has 0 N–H and O–H groups in total. The number of anilines is 1. The van der Waals surface area contributed by atoms with Crippen molar-refractivity contribution in [2.24, 2.45) is 5.92 Å². The number of aryl methyl sites for hydroxylation is 1. The molecule has 0 aromatic carbocycles. The number of carbonyl (C=O) groups is 1. The summed E-state index contributed by atoms with van der Waals surface area (Å²) in [5, 5.41) is 0.658. The van der Waals surface area contributed by atoms with Gasteiger partial charge in [-0.3, -0.25) is 4.90 Å². The van der Waals surface area contributed by atoms with Crippen molar-refractivity contribution in [3.05, 3.63) is 16.3 Å². The average molecular weight is 443 g/mol. The van der Waals surface area contributed by atoms with Gasteiger partial charge in [0.1, 0.15) is 21.3 Å². The highest BCUT2D eigenvalue weighted by atomic mass is 32.1. The largest absolute Gasteiger partial charge is 0.462 e. The van der Waals surface area contributed by atoms with Crippen LogP contribution in [0.5, 0.6) is 0 Å². The zero-order valence-corrected chi connectivity index (χ0v) is 17.9. The van der Waals surface area contributed by atoms with Gasteiger partial charge in [-0.25, -0.2) is 14.8 Å².